The Labute approximate surface area is 189 Å². The third kappa shape index (κ3) is 18.6. The Hall–Kier alpha value is -0.200. The van der Waals surface area contributed by atoms with E-state index < -0.39 is 0 Å². The number of likely N-dealkylation sites (tertiary alicyclic amines) is 2. The predicted octanol–water partition coefficient (Wildman–Crippen LogP) is 5.46. The van der Waals surface area contributed by atoms with Crippen LogP contribution in [0, 0.1) is 0 Å². The van der Waals surface area contributed by atoms with Crippen LogP contribution in [0.4, 0.5) is 0 Å². The van der Waals surface area contributed by atoms with Gasteiger partial charge in [-0.2, -0.15) is 0 Å². The summed E-state index contributed by atoms with van der Waals surface area (Å²) in [5.74, 6) is 0. The SMILES string of the molecule is CC1CCCCN1.CCCCN1CCCCC1.CCN1CCCCC1C.CCO.N. The van der Waals surface area contributed by atoms with Crippen LogP contribution in [0.15, 0.2) is 0 Å². The molecule has 5 heteroatoms. The quantitative estimate of drug-likeness (QED) is 0.552. The van der Waals surface area contributed by atoms with Crippen molar-refractivity contribution in [1.29, 1.82) is 0 Å². The molecule has 0 aromatic carbocycles. The average Bonchev–Trinajstić information content (AvgIpc) is 2.75. The minimum Gasteiger partial charge on any atom is -0.397 e. The minimum absolute atomic E-state index is 0. The first-order chi connectivity index (χ1) is 14.1. The standard InChI is InChI=1S/C9H19N.C8H17N.C6H13N.C2H6O.H3N/c1-2-3-7-10-8-5-4-6-9-10;1-3-9-7-5-4-6-8(9)2;1-6-4-2-3-5-7-6;1-2-3;/h2-9H2,1H3;8H,3-7H2,1-2H3;6-7H,2-5H2,1H3;3H,2H2,1H3;1H3. The van der Waals surface area contributed by atoms with Gasteiger partial charge in [-0.1, -0.05) is 39.5 Å². The zero-order chi connectivity index (χ0) is 21.7. The molecule has 0 amide bonds. The number of hydrogen-bond donors (Lipinski definition) is 3. The summed E-state index contributed by atoms with van der Waals surface area (Å²) in [6.45, 7) is 18.9. The molecule has 0 aliphatic carbocycles. The van der Waals surface area contributed by atoms with Crippen molar-refractivity contribution >= 4 is 0 Å². The summed E-state index contributed by atoms with van der Waals surface area (Å²) in [5, 5.41) is 11.0. The summed E-state index contributed by atoms with van der Waals surface area (Å²) in [5.41, 5.74) is 0. The van der Waals surface area contributed by atoms with Crippen LogP contribution in [0.5, 0.6) is 0 Å². The summed E-state index contributed by atoms with van der Waals surface area (Å²) >= 11 is 0. The Morgan fingerprint density at radius 1 is 0.833 bits per heavy atom. The molecule has 0 bridgehead atoms. The fourth-order valence-corrected chi connectivity index (χ4v) is 4.22. The highest BCUT2D eigenvalue weighted by Gasteiger charge is 2.15. The number of nitrogens with zero attached hydrogens (tertiary/aromatic N) is 2. The van der Waals surface area contributed by atoms with Gasteiger partial charge < -0.3 is 26.4 Å². The van der Waals surface area contributed by atoms with E-state index >= 15 is 0 Å². The van der Waals surface area contributed by atoms with Crippen molar-refractivity contribution in [2.45, 2.75) is 117 Å². The van der Waals surface area contributed by atoms with Gasteiger partial charge in [0.2, 0.25) is 0 Å². The smallest absolute Gasteiger partial charge is 0.0402 e. The Bertz CT molecular complexity index is 318. The van der Waals surface area contributed by atoms with Gasteiger partial charge in [0.1, 0.15) is 0 Å². The van der Waals surface area contributed by atoms with E-state index in [4.69, 9.17) is 5.11 Å². The number of hydrogen-bond acceptors (Lipinski definition) is 5. The van der Waals surface area contributed by atoms with Gasteiger partial charge in [-0.05, 0) is 105 Å². The zero-order valence-electron chi connectivity index (χ0n) is 21.4. The van der Waals surface area contributed by atoms with Crippen LogP contribution >= 0.6 is 0 Å². The molecule has 30 heavy (non-hydrogen) atoms. The van der Waals surface area contributed by atoms with E-state index in [2.05, 4.69) is 42.8 Å². The summed E-state index contributed by atoms with van der Waals surface area (Å²) in [6.07, 6.45) is 15.5. The molecule has 3 heterocycles. The van der Waals surface area contributed by atoms with E-state index in [0.717, 1.165) is 12.1 Å². The second-order valence-electron chi connectivity index (χ2n) is 8.90. The molecule has 0 aromatic rings. The number of rotatable bonds is 4. The van der Waals surface area contributed by atoms with Crippen molar-refractivity contribution in [2.24, 2.45) is 0 Å². The molecule has 0 spiro atoms. The van der Waals surface area contributed by atoms with Crippen molar-refractivity contribution in [3.05, 3.63) is 0 Å². The Balaban J connectivity index is 0. The van der Waals surface area contributed by atoms with Gasteiger partial charge in [-0.15, -0.1) is 0 Å². The third-order valence-electron chi connectivity index (χ3n) is 6.18. The van der Waals surface area contributed by atoms with Crippen molar-refractivity contribution in [2.75, 3.05) is 45.9 Å². The van der Waals surface area contributed by atoms with Crippen LogP contribution < -0.4 is 11.5 Å². The van der Waals surface area contributed by atoms with Crippen molar-refractivity contribution < 1.29 is 5.11 Å². The molecule has 0 radical (unpaired) electrons. The molecule has 2 unspecified atom stereocenters. The van der Waals surface area contributed by atoms with Crippen molar-refractivity contribution in [1.82, 2.24) is 21.3 Å². The monoisotopic (exact) mass is 430 g/mol. The lowest BCUT2D eigenvalue weighted by atomic mass is 10.0. The first kappa shape index (κ1) is 32.0. The lowest BCUT2D eigenvalue weighted by Gasteiger charge is -2.31. The largest absolute Gasteiger partial charge is 0.397 e. The maximum atomic E-state index is 7.57. The molecular formula is C25H58N4O. The van der Waals surface area contributed by atoms with Crippen LogP contribution in [0.1, 0.15) is 105 Å². The lowest BCUT2D eigenvalue weighted by Crippen LogP contribution is -2.36. The number of nitrogens with one attached hydrogen (secondary N) is 1. The highest BCUT2D eigenvalue weighted by Crippen LogP contribution is 2.15. The average molecular weight is 431 g/mol. The van der Waals surface area contributed by atoms with E-state index in [1.807, 2.05) is 0 Å². The van der Waals surface area contributed by atoms with Gasteiger partial charge in [0.15, 0.2) is 0 Å². The zero-order valence-corrected chi connectivity index (χ0v) is 21.4. The number of aliphatic hydroxyl groups excluding tert-OH is 1. The maximum Gasteiger partial charge on any atom is 0.0402 e. The Kier molecular flexibility index (Phi) is 25.0. The molecule has 5 N–H and O–H groups in total. The van der Waals surface area contributed by atoms with Crippen LogP contribution in [-0.4, -0.2) is 72.9 Å². The molecule has 3 aliphatic rings. The fourth-order valence-electron chi connectivity index (χ4n) is 4.22. The highest BCUT2D eigenvalue weighted by atomic mass is 16.2. The first-order valence-corrected chi connectivity index (χ1v) is 12.9. The topological polar surface area (TPSA) is 73.7 Å². The normalized spacial score (nSPS) is 24.6. The van der Waals surface area contributed by atoms with Gasteiger partial charge in [-0.25, -0.2) is 0 Å². The molecule has 3 fully saturated rings. The van der Waals surface area contributed by atoms with E-state index in [9.17, 15) is 0 Å². The molecule has 0 aromatic heterocycles. The fraction of sp³-hybridized carbons (Fsp3) is 1.00. The molecule has 3 rings (SSSR count). The minimum atomic E-state index is 0. The van der Waals surface area contributed by atoms with Crippen molar-refractivity contribution in [3.8, 4) is 0 Å². The number of piperidine rings is 3. The third-order valence-corrected chi connectivity index (χ3v) is 6.18. The molecular weight excluding hydrogens is 372 g/mol. The van der Waals surface area contributed by atoms with Crippen LogP contribution in [0.3, 0.4) is 0 Å². The van der Waals surface area contributed by atoms with Gasteiger partial charge in [0, 0.05) is 18.7 Å². The molecule has 2 atom stereocenters. The summed E-state index contributed by atoms with van der Waals surface area (Å²) in [7, 11) is 0. The predicted molar refractivity (Wildman–Crippen MR) is 135 cm³/mol. The molecule has 184 valence electrons. The summed E-state index contributed by atoms with van der Waals surface area (Å²) in [4.78, 5) is 5.16. The maximum absolute atomic E-state index is 7.57. The van der Waals surface area contributed by atoms with E-state index in [0.29, 0.717) is 0 Å². The summed E-state index contributed by atoms with van der Waals surface area (Å²) in [6, 6.07) is 1.64. The van der Waals surface area contributed by atoms with E-state index in [1.54, 1.807) is 6.92 Å². The second-order valence-corrected chi connectivity index (χ2v) is 8.90. The van der Waals surface area contributed by atoms with Crippen molar-refractivity contribution in [3.63, 3.8) is 0 Å². The molecule has 3 aliphatic heterocycles. The van der Waals surface area contributed by atoms with Crippen LogP contribution in [-0.2, 0) is 0 Å². The van der Waals surface area contributed by atoms with E-state index in [1.165, 1.54) is 110 Å². The van der Waals surface area contributed by atoms with Gasteiger partial charge in [0.05, 0.1) is 0 Å². The lowest BCUT2D eigenvalue weighted by molar-refractivity contribution is 0.169. The first-order valence-electron chi connectivity index (χ1n) is 12.9. The van der Waals surface area contributed by atoms with Crippen LogP contribution in [0.2, 0.25) is 0 Å². The number of unbranched alkanes of at least 4 members (excludes halogenated alkanes) is 1. The summed E-state index contributed by atoms with van der Waals surface area (Å²) < 4.78 is 0. The highest BCUT2D eigenvalue weighted by molar-refractivity contribution is 4.71. The second kappa shape index (κ2) is 23.5. The Morgan fingerprint density at radius 2 is 1.43 bits per heavy atom. The Morgan fingerprint density at radius 3 is 1.83 bits per heavy atom. The van der Waals surface area contributed by atoms with E-state index in [-0.39, 0.29) is 12.8 Å². The molecule has 3 saturated heterocycles. The number of aliphatic hydroxyl groups is 1. The van der Waals surface area contributed by atoms with Gasteiger partial charge in [0.25, 0.3) is 0 Å². The van der Waals surface area contributed by atoms with Gasteiger partial charge >= 0.3 is 0 Å². The van der Waals surface area contributed by atoms with Gasteiger partial charge in [-0.3, -0.25) is 0 Å². The van der Waals surface area contributed by atoms with Crippen LogP contribution in [0.25, 0.3) is 0 Å². The molecule has 5 nitrogen and oxygen atoms in total. The molecule has 0 saturated carbocycles.